The average Bonchev–Trinajstić information content (AvgIpc) is 3.70. The van der Waals surface area contributed by atoms with Gasteiger partial charge in [-0.3, -0.25) is 33.5 Å². The first-order chi connectivity index (χ1) is 25.7. The minimum atomic E-state index is -1.11. The van der Waals surface area contributed by atoms with E-state index >= 15 is 4.39 Å². The van der Waals surface area contributed by atoms with Crippen molar-refractivity contribution in [2.24, 2.45) is 13.0 Å². The van der Waals surface area contributed by atoms with Crippen LogP contribution in [-0.2, 0) is 16.6 Å². The second-order valence-electron chi connectivity index (χ2n) is 14.5. The zero-order valence-corrected chi connectivity index (χ0v) is 29.2. The molecule has 3 aliphatic rings. The van der Waals surface area contributed by atoms with Gasteiger partial charge in [0.2, 0.25) is 11.8 Å². The Bertz CT molecular complexity index is 2350. The molecule has 4 aromatic heterocycles. The van der Waals surface area contributed by atoms with E-state index in [1.54, 1.807) is 37.5 Å². The zero-order valence-electron chi connectivity index (χ0n) is 29.2. The standard InChI is InChI=1S/C38H39FN10O4/c1-46-35-27(5-3-7-31(35)49(38(46)53)32-12-13-34(50)44-37(32)52)26-14-15-47(21-28(26)39)19-22-8-10-25(11-9-22)48-20-23-16-33(41-18-30(23)45-48)43-36(51)29-6-2-4-24(17-40)42-29/h2-7,16,18,20,22,25-26,28,32H,8-15,19,21H2,1H3,(H,43,51)(H,44,50,52)/t22-,25-,26-,28-,32?/m1/s1. The maximum absolute atomic E-state index is 16.1. The molecule has 15 heteroatoms. The number of hydrogen-bond donors (Lipinski definition) is 2. The Kier molecular flexibility index (Phi) is 9.07. The van der Waals surface area contributed by atoms with Crippen LogP contribution in [0.5, 0.6) is 0 Å². The van der Waals surface area contributed by atoms with Gasteiger partial charge in [-0.1, -0.05) is 18.2 Å². The van der Waals surface area contributed by atoms with Crippen molar-refractivity contribution in [3.8, 4) is 6.07 Å². The quantitative estimate of drug-likeness (QED) is 0.235. The Morgan fingerprint density at radius 1 is 1.08 bits per heavy atom. The first kappa shape index (κ1) is 34.3. The number of fused-ring (bicyclic) bond motifs is 2. The molecule has 0 bridgehead atoms. The van der Waals surface area contributed by atoms with E-state index in [9.17, 15) is 19.2 Å². The largest absolute Gasteiger partial charge is 0.329 e. The number of alkyl halides is 1. The van der Waals surface area contributed by atoms with Crippen LogP contribution in [0.4, 0.5) is 10.2 Å². The minimum absolute atomic E-state index is 0.134. The molecular formula is C38H39FN10O4. The van der Waals surface area contributed by atoms with Gasteiger partial charge in [-0.15, -0.1) is 0 Å². The van der Waals surface area contributed by atoms with Crippen LogP contribution in [0.25, 0.3) is 21.9 Å². The highest BCUT2D eigenvalue weighted by Gasteiger charge is 2.36. The summed E-state index contributed by atoms with van der Waals surface area (Å²) in [6, 6.07) is 13.4. The summed E-state index contributed by atoms with van der Waals surface area (Å²) in [5.74, 6) is -0.839. The van der Waals surface area contributed by atoms with Gasteiger partial charge >= 0.3 is 5.69 Å². The highest BCUT2D eigenvalue weighted by Crippen LogP contribution is 2.38. The molecule has 3 fully saturated rings. The fourth-order valence-corrected chi connectivity index (χ4v) is 8.44. The number of nitriles is 1. The highest BCUT2D eigenvalue weighted by atomic mass is 19.1. The lowest BCUT2D eigenvalue weighted by Crippen LogP contribution is -2.44. The first-order valence-corrected chi connectivity index (χ1v) is 18.1. The molecule has 1 saturated carbocycles. The van der Waals surface area contributed by atoms with Crippen molar-refractivity contribution in [3.63, 3.8) is 0 Å². The Morgan fingerprint density at radius 3 is 2.66 bits per heavy atom. The molecule has 272 valence electrons. The smallest absolute Gasteiger partial charge is 0.305 e. The molecule has 53 heavy (non-hydrogen) atoms. The Balaban J connectivity index is 0.878. The number of anilines is 1. The summed E-state index contributed by atoms with van der Waals surface area (Å²) in [6.45, 7) is 1.90. The zero-order chi connectivity index (χ0) is 36.8. The number of hydrogen-bond acceptors (Lipinski definition) is 9. The van der Waals surface area contributed by atoms with Gasteiger partial charge in [-0.25, -0.2) is 19.2 Å². The predicted molar refractivity (Wildman–Crippen MR) is 193 cm³/mol. The van der Waals surface area contributed by atoms with E-state index < -0.39 is 24.0 Å². The van der Waals surface area contributed by atoms with Crippen molar-refractivity contribution in [1.82, 2.24) is 39.1 Å². The minimum Gasteiger partial charge on any atom is -0.305 e. The number of para-hydroxylation sites is 1. The molecule has 6 heterocycles. The number of aromatic nitrogens is 6. The van der Waals surface area contributed by atoms with Crippen LogP contribution in [0, 0.1) is 17.2 Å². The van der Waals surface area contributed by atoms with Crippen LogP contribution >= 0.6 is 0 Å². The Hall–Kier alpha value is -5.75. The number of carbonyl (C=O) groups excluding carboxylic acids is 3. The van der Waals surface area contributed by atoms with Crippen LogP contribution in [0.2, 0.25) is 0 Å². The number of nitrogens with one attached hydrogen (secondary N) is 2. The number of piperidine rings is 2. The van der Waals surface area contributed by atoms with Crippen LogP contribution in [0.1, 0.15) is 84.7 Å². The van der Waals surface area contributed by atoms with E-state index in [1.807, 2.05) is 29.1 Å². The molecule has 3 atom stereocenters. The van der Waals surface area contributed by atoms with Crippen molar-refractivity contribution in [3.05, 3.63) is 82.3 Å². The molecule has 1 aromatic carbocycles. The summed E-state index contributed by atoms with van der Waals surface area (Å²) < 4.78 is 21.0. The fraction of sp³-hybridized carbons (Fsp3) is 0.421. The van der Waals surface area contributed by atoms with Crippen LogP contribution in [0.3, 0.4) is 0 Å². The van der Waals surface area contributed by atoms with Crippen molar-refractivity contribution in [2.75, 3.05) is 25.0 Å². The van der Waals surface area contributed by atoms with Gasteiger partial charge in [0.15, 0.2) is 0 Å². The number of halogens is 1. The molecule has 1 unspecified atom stereocenters. The third-order valence-electron chi connectivity index (χ3n) is 11.1. The number of aryl methyl sites for hydroxylation is 1. The summed E-state index contributed by atoms with van der Waals surface area (Å²) in [4.78, 5) is 61.1. The van der Waals surface area contributed by atoms with Gasteiger partial charge < -0.3 is 10.2 Å². The number of nitrogens with zero attached hydrogens (tertiary/aromatic N) is 8. The Labute approximate surface area is 303 Å². The van der Waals surface area contributed by atoms with E-state index in [0.717, 1.165) is 55.2 Å². The number of imidazole rings is 1. The van der Waals surface area contributed by atoms with E-state index in [-0.39, 0.29) is 47.8 Å². The molecule has 2 aliphatic heterocycles. The molecule has 0 radical (unpaired) electrons. The van der Waals surface area contributed by atoms with Gasteiger partial charge in [0, 0.05) is 44.1 Å². The van der Waals surface area contributed by atoms with E-state index in [1.165, 1.54) is 15.2 Å². The average molecular weight is 719 g/mol. The number of amides is 3. The van der Waals surface area contributed by atoms with Crippen LogP contribution in [-0.4, -0.2) is 77.3 Å². The lowest BCUT2D eigenvalue weighted by molar-refractivity contribution is -0.135. The van der Waals surface area contributed by atoms with Crippen molar-refractivity contribution in [1.29, 1.82) is 5.26 Å². The summed E-state index contributed by atoms with van der Waals surface area (Å²) in [7, 11) is 1.66. The fourth-order valence-electron chi connectivity index (χ4n) is 8.44. The number of likely N-dealkylation sites (tertiary alicyclic amines) is 1. The highest BCUT2D eigenvalue weighted by molar-refractivity contribution is 6.03. The van der Waals surface area contributed by atoms with Crippen LogP contribution in [0.15, 0.2) is 59.7 Å². The van der Waals surface area contributed by atoms with Crippen molar-refractivity contribution < 1.29 is 18.8 Å². The molecular weight excluding hydrogens is 679 g/mol. The second kappa shape index (κ2) is 14.0. The molecule has 1 aliphatic carbocycles. The van der Waals surface area contributed by atoms with E-state index in [0.29, 0.717) is 35.7 Å². The van der Waals surface area contributed by atoms with Crippen molar-refractivity contribution >= 4 is 45.5 Å². The number of benzene rings is 1. The van der Waals surface area contributed by atoms with Gasteiger partial charge in [0.05, 0.1) is 23.3 Å². The summed E-state index contributed by atoms with van der Waals surface area (Å²) >= 11 is 0. The third-order valence-corrected chi connectivity index (χ3v) is 11.1. The van der Waals surface area contributed by atoms with E-state index in [2.05, 4.69) is 25.5 Å². The van der Waals surface area contributed by atoms with Gasteiger partial charge in [-0.2, -0.15) is 10.4 Å². The molecule has 14 nitrogen and oxygen atoms in total. The number of imide groups is 1. The maximum Gasteiger partial charge on any atom is 0.329 e. The third kappa shape index (κ3) is 6.59. The Morgan fingerprint density at radius 2 is 1.89 bits per heavy atom. The van der Waals surface area contributed by atoms with Gasteiger partial charge in [0.25, 0.3) is 5.91 Å². The first-order valence-electron chi connectivity index (χ1n) is 18.1. The van der Waals surface area contributed by atoms with E-state index in [4.69, 9.17) is 10.4 Å². The lowest BCUT2D eigenvalue weighted by Gasteiger charge is -2.38. The number of rotatable bonds is 7. The topological polar surface area (TPSA) is 173 Å². The molecule has 8 rings (SSSR count). The molecule has 3 amide bonds. The summed E-state index contributed by atoms with van der Waals surface area (Å²) in [6.07, 6.45) is 7.44. The molecule has 2 saturated heterocycles. The lowest BCUT2D eigenvalue weighted by atomic mass is 9.83. The van der Waals surface area contributed by atoms with Crippen molar-refractivity contribution in [2.45, 2.75) is 69.1 Å². The number of pyridine rings is 2. The van der Waals surface area contributed by atoms with Gasteiger partial charge in [-0.05, 0) is 80.8 Å². The predicted octanol–water partition coefficient (Wildman–Crippen LogP) is 4.14. The SMILES string of the molecule is Cn1c(=O)n(C2CCC(=O)NC2=O)c2cccc([C@H]3CCN(C[C@H]4CC[C@H](n5cc6cc(NC(=O)c7cccc(C#N)n7)ncc6n5)CC4)C[C@H]3F)c21. The van der Waals surface area contributed by atoms with Crippen LogP contribution < -0.4 is 16.3 Å². The summed E-state index contributed by atoms with van der Waals surface area (Å²) in [5, 5.41) is 19.8. The molecule has 5 aromatic rings. The molecule has 2 N–H and O–H groups in total. The number of carbonyl (C=O) groups is 3. The summed E-state index contributed by atoms with van der Waals surface area (Å²) in [5.41, 5.74) is 2.68. The molecule has 0 spiro atoms. The normalized spacial score (nSPS) is 23.9. The van der Waals surface area contributed by atoms with Gasteiger partial charge in [0.1, 0.15) is 41.0 Å². The maximum atomic E-state index is 16.1. The second-order valence-corrected chi connectivity index (χ2v) is 14.5. The monoisotopic (exact) mass is 718 g/mol.